The molecule has 0 saturated carbocycles. The third-order valence-corrected chi connectivity index (χ3v) is 5.80. The van der Waals surface area contributed by atoms with Crippen LogP contribution >= 0.6 is 0 Å². The third kappa shape index (κ3) is 4.36. The smallest absolute Gasteiger partial charge is 0.322 e. The van der Waals surface area contributed by atoms with Gasteiger partial charge in [-0.25, -0.2) is 8.42 Å². The normalized spacial score (nSPS) is 12.6. The van der Waals surface area contributed by atoms with E-state index in [1.165, 1.54) is 12.1 Å². The topological polar surface area (TPSA) is 133 Å². The van der Waals surface area contributed by atoms with E-state index >= 15 is 0 Å². The van der Waals surface area contributed by atoms with Crippen LogP contribution < -0.4 is 10.5 Å². The number of carboxylic acid groups (broad SMARTS) is 1. The maximum atomic E-state index is 12.7. The number of nitrogens with one attached hydrogen (secondary N) is 2. The van der Waals surface area contributed by atoms with Crippen molar-refractivity contribution in [3.05, 3.63) is 77.9 Å². The van der Waals surface area contributed by atoms with Crippen LogP contribution in [0.1, 0.15) is 11.1 Å². The summed E-state index contributed by atoms with van der Waals surface area (Å²) in [4.78, 5) is 11.6. The summed E-state index contributed by atoms with van der Waals surface area (Å²) in [5.41, 5.74) is 6.51. The Hall–Kier alpha value is -3.23. The van der Waals surface area contributed by atoms with Crippen LogP contribution in [0.5, 0.6) is 0 Å². The molecule has 0 heterocycles. The lowest BCUT2D eigenvalue weighted by molar-refractivity contribution is -0.138. The highest BCUT2D eigenvalue weighted by Gasteiger charge is 2.26. The Morgan fingerprint density at radius 3 is 2.29 bits per heavy atom. The molecule has 7 nitrogen and oxygen atoms in total. The molecule has 0 amide bonds. The highest BCUT2D eigenvalue weighted by Crippen LogP contribution is 2.19. The number of carbonyl (C=O) groups is 1. The van der Waals surface area contributed by atoms with Crippen LogP contribution in [-0.4, -0.2) is 31.4 Å². The average molecular weight is 397 g/mol. The summed E-state index contributed by atoms with van der Waals surface area (Å²) < 4.78 is 27.7. The van der Waals surface area contributed by atoms with Gasteiger partial charge < -0.3 is 10.8 Å². The highest BCUT2D eigenvalue weighted by atomic mass is 32.2. The van der Waals surface area contributed by atoms with Crippen molar-refractivity contribution in [1.82, 2.24) is 4.72 Å². The SMILES string of the molecule is N=C(N)c1ccc(C[C@H](NS(=O)(=O)c2ccc3ccccc3c2)C(=O)O)cc1. The van der Waals surface area contributed by atoms with E-state index in [1.807, 2.05) is 12.1 Å². The minimum atomic E-state index is -4.02. The fourth-order valence-electron chi connectivity index (χ4n) is 2.83. The standard InChI is InChI=1S/C20H19N3O4S/c21-19(22)15-7-5-13(6-8-15)11-18(20(24)25)23-28(26,27)17-10-9-14-3-1-2-4-16(14)12-17/h1-10,12,18,23H,11H2,(H3,21,22)(H,24,25)/t18-/m0/s1. The molecule has 28 heavy (non-hydrogen) atoms. The lowest BCUT2D eigenvalue weighted by Gasteiger charge is -2.15. The van der Waals surface area contributed by atoms with Crippen LogP contribution in [-0.2, 0) is 21.2 Å². The molecule has 3 aromatic rings. The number of hydrogen-bond acceptors (Lipinski definition) is 4. The van der Waals surface area contributed by atoms with Gasteiger partial charge in [-0.3, -0.25) is 10.2 Å². The molecule has 0 aliphatic heterocycles. The highest BCUT2D eigenvalue weighted by molar-refractivity contribution is 7.89. The number of sulfonamides is 1. The van der Waals surface area contributed by atoms with E-state index in [1.54, 1.807) is 42.5 Å². The van der Waals surface area contributed by atoms with Crippen LogP contribution in [0.25, 0.3) is 10.8 Å². The van der Waals surface area contributed by atoms with Crippen LogP contribution in [0.2, 0.25) is 0 Å². The van der Waals surface area contributed by atoms with Gasteiger partial charge in [-0.15, -0.1) is 0 Å². The molecule has 0 aliphatic rings. The fourth-order valence-corrected chi connectivity index (χ4v) is 4.05. The number of nitrogens with two attached hydrogens (primary N) is 1. The van der Waals surface area contributed by atoms with E-state index < -0.39 is 22.0 Å². The van der Waals surface area contributed by atoms with Crippen molar-refractivity contribution < 1.29 is 18.3 Å². The van der Waals surface area contributed by atoms with Gasteiger partial charge in [-0.1, -0.05) is 54.6 Å². The van der Waals surface area contributed by atoms with Gasteiger partial charge in [0.2, 0.25) is 10.0 Å². The Balaban J connectivity index is 1.83. The molecule has 8 heteroatoms. The minimum absolute atomic E-state index is 0.00405. The Bertz CT molecular complexity index is 1140. The average Bonchev–Trinajstić information content (AvgIpc) is 2.67. The molecular weight excluding hydrogens is 378 g/mol. The number of nitrogen functional groups attached to an aromatic ring is 1. The van der Waals surface area contributed by atoms with E-state index in [0.29, 0.717) is 11.1 Å². The van der Waals surface area contributed by atoms with Crippen molar-refractivity contribution in [2.75, 3.05) is 0 Å². The van der Waals surface area contributed by atoms with Crippen LogP contribution in [0.3, 0.4) is 0 Å². The van der Waals surface area contributed by atoms with Crippen molar-refractivity contribution in [3.63, 3.8) is 0 Å². The van der Waals surface area contributed by atoms with E-state index in [-0.39, 0.29) is 17.2 Å². The first-order valence-electron chi connectivity index (χ1n) is 8.43. The van der Waals surface area contributed by atoms with Gasteiger partial charge in [0.25, 0.3) is 0 Å². The van der Waals surface area contributed by atoms with Crippen molar-refractivity contribution in [1.29, 1.82) is 5.41 Å². The molecule has 1 atom stereocenters. The van der Waals surface area contributed by atoms with E-state index in [2.05, 4.69) is 4.72 Å². The largest absolute Gasteiger partial charge is 0.480 e. The van der Waals surface area contributed by atoms with Gasteiger partial charge in [0, 0.05) is 5.56 Å². The molecule has 144 valence electrons. The van der Waals surface area contributed by atoms with E-state index in [9.17, 15) is 18.3 Å². The van der Waals surface area contributed by atoms with Crippen LogP contribution in [0.15, 0.2) is 71.6 Å². The molecule has 3 rings (SSSR count). The zero-order chi connectivity index (χ0) is 20.3. The van der Waals surface area contributed by atoms with Gasteiger partial charge in [0.05, 0.1) is 4.90 Å². The summed E-state index contributed by atoms with van der Waals surface area (Å²) in [5.74, 6) is -1.38. The van der Waals surface area contributed by atoms with Gasteiger partial charge in [-0.2, -0.15) is 4.72 Å². The quantitative estimate of drug-likeness (QED) is 0.358. The first-order valence-corrected chi connectivity index (χ1v) is 9.92. The molecular formula is C20H19N3O4S. The lowest BCUT2D eigenvalue weighted by Crippen LogP contribution is -2.42. The summed E-state index contributed by atoms with van der Waals surface area (Å²) in [7, 11) is -4.02. The molecule has 0 saturated heterocycles. The molecule has 0 bridgehead atoms. The van der Waals surface area contributed by atoms with Crippen LogP contribution in [0.4, 0.5) is 0 Å². The Morgan fingerprint density at radius 2 is 1.68 bits per heavy atom. The summed E-state index contributed by atoms with van der Waals surface area (Å²) in [6.45, 7) is 0. The van der Waals surface area contributed by atoms with Crippen molar-refractivity contribution in [3.8, 4) is 0 Å². The zero-order valence-corrected chi connectivity index (χ0v) is 15.6. The van der Waals surface area contributed by atoms with Crippen molar-refractivity contribution in [2.24, 2.45) is 5.73 Å². The number of rotatable bonds is 7. The van der Waals surface area contributed by atoms with Gasteiger partial charge in [-0.05, 0) is 34.9 Å². The number of fused-ring (bicyclic) bond motifs is 1. The molecule has 3 aromatic carbocycles. The van der Waals surface area contributed by atoms with Gasteiger partial charge in [0.1, 0.15) is 11.9 Å². The molecule has 0 unspecified atom stereocenters. The molecule has 0 aromatic heterocycles. The van der Waals surface area contributed by atoms with Crippen molar-refractivity contribution >= 4 is 32.6 Å². The summed E-state index contributed by atoms with van der Waals surface area (Å²) in [6.07, 6.45) is -0.0413. The lowest BCUT2D eigenvalue weighted by atomic mass is 10.0. The molecule has 0 aliphatic carbocycles. The molecule has 5 N–H and O–H groups in total. The predicted molar refractivity (Wildman–Crippen MR) is 107 cm³/mol. The first-order chi connectivity index (χ1) is 13.3. The maximum absolute atomic E-state index is 12.7. The fraction of sp³-hybridized carbons (Fsp3) is 0.100. The molecule has 0 radical (unpaired) electrons. The first kappa shape index (κ1) is 19.5. The van der Waals surface area contributed by atoms with Crippen molar-refractivity contribution in [2.45, 2.75) is 17.4 Å². The number of hydrogen-bond donors (Lipinski definition) is 4. The third-order valence-electron chi connectivity index (χ3n) is 4.33. The predicted octanol–water partition coefficient (Wildman–Crippen LogP) is 2.10. The second kappa shape index (κ2) is 7.79. The summed E-state index contributed by atoms with van der Waals surface area (Å²) in [6, 6.07) is 17.0. The maximum Gasteiger partial charge on any atom is 0.322 e. The number of aliphatic carboxylic acids is 1. The van der Waals surface area contributed by atoms with Crippen LogP contribution in [0, 0.1) is 5.41 Å². The van der Waals surface area contributed by atoms with E-state index in [4.69, 9.17) is 11.1 Å². The monoisotopic (exact) mass is 397 g/mol. The molecule has 0 fully saturated rings. The number of benzene rings is 3. The summed E-state index contributed by atoms with van der Waals surface area (Å²) >= 11 is 0. The van der Waals surface area contributed by atoms with Gasteiger partial charge >= 0.3 is 5.97 Å². The zero-order valence-electron chi connectivity index (χ0n) is 14.8. The van der Waals surface area contributed by atoms with E-state index in [0.717, 1.165) is 10.8 Å². The summed E-state index contributed by atoms with van der Waals surface area (Å²) in [5, 5.41) is 18.5. The van der Waals surface area contributed by atoms with Gasteiger partial charge in [0.15, 0.2) is 0 Å². The number of amidine groups is 1. The number of carboxylic acids is 1. The Morgan fingerprint density at radius 1 is 1.04 bits per heavy atom. The molecule has 0 spiro atoms. The minimum Gasteiger partial charge on any atom is -0.480 e. The Kier molecular flexibility index (Phi) is 5.43. The Labute approximate surface area is 162 Å². The second-order valence-electron chi connectivity index (χ2n) is 6.34. The second-order valence-corrected chi connectivity index (χ2v) is 8.05.